The van der Waals surface area contributed by atoms with Gasteiger partial charge in [0.1, 0.15) is 18.2 Å². The molecule has 0 saturated heterocycles. The molecule has 0 aliphatic carbocycles. The number of hydrogen-bond acceptors (Lipinski definition) is 4. The van der Waals surface area contributed by atoms with E-state index >= 15 is 0 Å². The molecule has 1 heterocycles. The lowest BCUT2D eigenvalue weighted by atomic mass is 10.2. The molecule has 0 unspecified atom stereocenters. The molecule has 5 heteroatoms. The van der Waals surface area contributed by atoms with Crippen molar-refractivity contribution in [3.63, 3.8) is 0 Å². The van der Waals surface area contributed by atoms with E-state index in [1.165, 1.54) is 5.56 Å². The van der Waals surface area contributed by atoms with E-state index in [1.54, 1.807) is 4.68 Å². The first-order valence-electron chi connectivity index (χ1n) is 5.47. The van der Waals surface area contributed by atoms with Crippen LogP contribution in [0.4, 0.5) is 0 Å². The number of nitrogens with zero attached hydrogens (tertiary/aromatic N) is 3. The standard InChI is InChI=1S/C12H16N4O/c1-9-3-5-10(6-4-9)17-8-11-14-12(7-13)16(2)15-11/h3-6H,7-8,13H2,1-2H3. The van der Waals surface area contributed by atoms with Crippen LogP contribution in [0.2, 0.25) is 0 Å². The van der Waals surface area contributed by atoms with Crippen molar-refractivity contribution in [1.82, 2.24) is 14.8 Å². The fraction of sp³-hybridized carbons (Fsp3) is 0.333. The normalized spacial score (nSPS) is 10.5. The van der Waals surface area contributed by atoms with Gasteiger partial charge in [-0.25, -0.2) is 4.98 Å². The maximum atomic E-state index is 5.58. The molecule has 17 heavy (non-hydrogen) atoms. The van der Waals surface area contributed by atoms with Gasteiger partial charge in [-0.05, 0) is 19.1 Å². The van der Waals surface area contributed by atoms with Gasteiger partial charge in [0.05, 0.1) is 6.54 Å². The van der Waals surface area contributed by atoms with E-state index in [-0.39, 0.29) is 0 Å². The number of benzene rings is 1. The van der Waals surface area contributed by atoms with E-state index in [0.29, 0.717) is 19.0 Å². The summed E-state index contributed by atoms with van der Waals surface area (Å²) in [4.78, 5) is 4.26. The number of aromatic nitrogens is 3. The largest absolute Gasteiger partial charge is 0.486 e. The molecular formula is C12H16N4O. The average molecular weight is 232 g/mol. The van der Waals surface area contributed by atoms with Gasteiger partial charge in [-0.1, -0.05) is 17.7 Å². The summed E-state index contributed by atoms with van der Waals surface area (Å²) < 4.78 is 7.26. The Bertz CT molecular complexity index is 490. The molecule has 2 N–H and O–H groups in total. The van der Waals surface area contributed by atoms with Crippen LogP contribution in [0.5, 0.6) is 5.75 Å². The third-order valence-electron chi connectivity index (χ3n) is 2.47. The SMILES string of the molecule is Cc1ccc(OCc2nc(CN)n(C)n2)cc1. The molecule has 2 rings (SSSR count). The monoisotopic (exact) mass is 232 g/mol. The molecule has 0 spiro atoms. The summed E-state index contributed by atoms with van der Waals surface area (Å²) >= 11 is 0. The van der Waals surface area contributed by atoms with Crippen LogP contribution in [0, 0.1) is 6.92 Å². The van der Waals surface area contributed by atoms with Gasteiger partial charge in [-0.15, -0.1) is 0 Å². The summed E-state index contributed by atoms with van der Waals surface area (Å²) in [7, 11) is 1.82. The van der Waals surface area contributed by atoms with Crippen LogP contribution < -0.4 is 10.5 Å². The van der Waals surface area contributed by atoms with Crippen molar-refractivity contribution in [3.8, 4) is 5.75 Å². The zero-order chi connectivity index (χ0) is 12.3. The van der Waals surface area contributed by atoms with E-state index in [2.05, 4.69) is 10.1 Å². The Morgan fingerprint density at radius 1 is 1.29 bits per heavy atom. The lowest BCUT2D eigenvalue weighted by Crippen LogP contribution is -2.05. The van der Waals surface area contributed by atoms with Gasteiger partial charge in [0, 0.05) is 7.05 Å². The van der Waals surface area contributed by atoms with Crippen LogP contribution in [0.15, 0.2) is 24.3 Å². The first kappa shape index (κ1) is 11.6. The Morgan fingerprint density at radius 3 is 2.59 bits per heavy atom. The van der Waals surface area contributed by atoms with Gasteiger partial charge in [0.2, 0.25) is 0 Å². The minimum atomic E-state index is 0.358. The lowest BCUT2D eigenvalue weighted by molar-refractivity contribution is 0.295. The van der Waals surface area contributed by atoms with Crippen molar-refractivity contribution >= 4 is 0 Å². The molecule has 0 atom stereocenters. The summed E-state index contributed by atoms with van der Waals surface area (Å²) in [6.07, 6.45) is 0. The number of hydrogen-bond donors (Lipinski definition) is 1. The molecule has 0 amide bonds. The minimum absolute atomic E-state index is 0.358. The first-order chi connectivity index (χ1) is 8.19. The maximum Gasteiger partial charge on any atom is 0.188 e. The second-order valence-electron chi connectivity index (χ2n) is 3.87. The predicted octanol–water partition coefficient (Wildman–Crippen LogP) is 1.16. The lowest BCUT2D eigenvalue weighted by Gasteiger charge is -2.03. The molecule has 1 aromatic carbocycles. The smallest absolute Gasteiger partial charge is 0.188 e. The maximum absolute atomic E-state index is 5.58. The van der Waals surface area contributed by atoms with Crippen molar-refractivity contribution in [2.24, 2.45) is 12.8 Å². The van der Waals surface area contributed by atoms with Crippen molar-refractivity contribution in [1.29, 1.82) is 0 Å². The molecule has 0 radical (unpaired) electrons. The Morgan fingerprint density at radius 2 is 2.00 bits per heavy atom. The molecule has 5 nitrogen and oxygen atoms in total. The number of rotatable bonds is 4. The molecular weight excluding hydrogens is 216 g/mol. The molecule has 0 bridgehead atoms. The summed E-state index contributed by atoms with van der Waals surface area (Å²) in [5, 5.41) is 4.21. The summed E-state index contributed by atoms with van der Waals surface area (Å²) in [6, 6.07) is 7.88. The highest BCUT2D eigenvalue weighted by molar-refractivity contribution is 5.26. The number of ether oxygens (including phenoxy) is 1. The first-order valence-corrected chi connectivity index (χ1v) is 5.47. The molecule has 2 aromatic rings. The van der Waals surface area contributed by atoms with E-state index in [9.17, 15) is 0 Å². The highest BCUT2D eigenvalue weighted by atomic mass is 16.5. The van der Waals surface area contributed by atoms with Crippen LogP contribution >= 0.6 is 0 Å². The van der Waals surface area contributed by atoms with Crippen molar-refractivity contribution in [2.45, 2.75) is 20.1 Å². The number of aryl methyl sites for hydroxylation is 2. The van der Waals surface area contributed by atoms with E-state index < -0.39 is 0 Å². The zero-order valence-electron chi connectivity index (χ0n) is 10.1. The molecule has 0 saturated carbocycles. The van der Waals surface area contributed by atoms with Crippen LogP contribution in [0.1, 0.15) is 17.2 Å². The summed E-state index contributed by atoms with van der Waals surface area (Å²) in [5.74, 6) is 2.22. The highest BCUT2D eigenvalue weighted by Gasteiger charge is 2.05. The van der Waals surface area contributed by atoms with Gasteiger partial charge in [-0.2, -0.15) is 5.10 Å². The predicted molar refractivity (Wildman–Crippen MR) is 64.4 cm³/mol. The van der Waals surface area contributed by atoms with Crippen LogP contribution in [0.25, 0.3) is 0 Å². The third kappa shape index (κ3) is 2.82. The molecule has 0 aliphatic heterocycles. The number of nitrogens with two attached hydrogens (primary N) is 1. The quantitative estimate of drug-likeness (QED) is 0.859. The highest BCUT2D eigenvalue weighted by Crippen LogP contribution is 2.12. The van der Waals surface area contributed by atoms with Crippen LogP contribution in [-0.4, -0.2) is 14.8 Å². The van der Waals surface area contributed by atoms with Crippen molar-refractivity contribution in [3.05, 3.63) is 41.5 Å². The van der Waals surface area contributed by atoms with Crippen LogP contribution in [-0.2, 0) is 20.2 Å². The third-order valence-corrected chi connectivity index (χ3v) is 2.47. The van der Waals surface area contributed by atoms with Gasteiger partial charge >= 0.3 is 0 Å². The molecule has 0 fully saturated rings. The van der Waals surface area contributed by atoms with E-state index in [1.807, 2.05) is 38.2 Å². The molecule has 0 aliphatic rings. The fourth-order valence-corrected chi connectivity index (χ4v) is 1.50. The Balaban J connectivity index is 1.99. The topological polar surface area (TPSA) is 66.0 Å². The van der Waals surface area contributed by atoms with Crippen molar-refractivity contribution in [2.75, 3.05) is 0 Å². The van der Waals surface area contributed by atoms with Gasteiger partial charge < -0.3 is 10.5 Å². The Hall–Kier alpha value is -1.88. The van der Waals surface area contributed by atoms with Gasteiger partial charge in [0.15, 0.2) is 5.82 Å². The van der Waals surface area contributed by atoms with Gasteiger partial charge in [-0.3, -0.25) is 4.68 Å². The average Bonchev–Trinajstić information content (AvgIpc) is 2.69. The van der Waals surface area contributed by atoms with Crippen molar-refractivity contribution < 1.29 is 4.74 Å². The summed E-state index contributed by atoms with van der Waals surface area (Å²) in [6.45, 7) is 2.78. The Kier molecular flexibility index (Phi) is 3.39. The minimum Gasteiger partial charge on any atom is -0.486 e. The summed E-state index contributed by atoms with van der Waals surface area (Å²) in [5.41, 5.74) is 6.73. The van der Waals surface area contributed by atoms with Crippen LogP contribution in [0.3, 0.4) is 0 Å². The second kappa shape index (κ2) is 4.97. The second-order valence-corrected chi connectivity index (χ2v) is 3.87. The molecule has 1 aromatic heterocycles. The Labute approximate surface area is 100 Å². The van der Waals surface area contributed by atoms with Gasteiger partial charge in [0.25, 0.3) is 0 Å². The zero-order valence-corrected chi connectivity index (χ0v) is 10.1. The fourth-order valence-electron chi connectivity index (χ4n) is 1.50. The molecule has 90 valence electrons. The van der Waals surface area contributed by atoms with E-state index in [0.717, 1.165) is 11.6 Å². The van der Waals surface area contributed by atoms with E-state index in [4.69, 9.17) is 10.5 Å².